The first kappa shape index (κ1) is 7.62. The zero-order valence-corrected chi connectivity index (χ0v) is 7.42. The number of rotatable bonds is 1. The Bertz CT molecular complexity index is 314. The Morgan fingerprint density at radius 3 is 3.00 bits per heavy atom. The van der Waals surface area contributed by atoms with E-state index >= 15 is 0 Å². The van der Waals surface area contributed by atoms with Gasteiger partial charge in [0.1, 0.15) is 0 Å². The zero-order chi connectivity index (χ0) is 8.23. The molecule has 1 aromatic rings. The third-order valence-electron chi connectivity index (χ3n) is 1.65. The normalized spacial score (nSPS) is 15.8. The largest absolute Gasteiger partial charge is 0.256 e. The van der Waals surface area contributed by atoms with Crippen molar-refractivity contribution in [2.45, 2.75) is 6.42 Å². The summed E-state index contributed by atoms with van der Waals surface area (Å²) < 4.78 is 0. The number of thioether (sulfide) groups is 1. The van der Waals surface area contributed by atoms with Crippen LogP contribution in [0.3, 0.4) is 0 Å². The standard InChI is InChI=1S/C10H9NS/c1-3-7-11-9(5-1)10-6-2-4-8-12-10/h1,3-8H,2H2. The van der Waals surface area contributed by atoms with Crippen molar-refractivity contribution in [2.24, 2.45) is 0 Å². The molecule has 0 unspecified atom stereocenters. The van der Waals surface area contributed by atoms with E-state index in [1.807, 2.05) is 24.4 Å². The molecule has 0 N–H and O–H groups in total. The maximum atomic E-state index is 4.28. The smallest absolute Gasteiger partial charge is 0.0765 e. The first-order chi connectivity index (χ1) is 5.97. The Morgan fingerprint density at radius 1 is 1.33 bits per heavy atom. The molecule has 0 fully saturated rings. The van der Waals surface area contributed by atoms with Crippen LogP contribution in [0.5, 0.6) is 0 Å². The van der Waals surface area contributed by atoms with Gasteiger partial charge in [0.05, 0.1) is 5.69 Å². The van der Waals surface area contributed by atoms with Crippen molar-refractivity contribution in [1.29, 1.82) is 0 Å². The van der Waals surface area contributed by atoms with Crippen LogP contribution in [0.15, 0.2) is 42.0 Å². The zero-order valence-electron chi connectivity index (χ0n) is 6.60. The average Bonchev–Trinajstić information content (AvgIpc) is 2.21. The van der Waals surface area contributed by atoms with Crippen molar-refractivity contribution in [3.63, 3.8) is 0 Å². The highest BCUT2D eigenvalue weighted by Crippen LogP contribution is 2.30. The van der Waals surface area contributed by atoms with Crippen LogP contribution in [-0.2, 0) is 0 Å². The van der Waals surface area contributed by atoms with Crippen LogP contribution in [0.2, 0.25) is 0 Å². The van der Waals surface area contributed by atoms with Gasteiger partial charge >= 0.3 is 0 Å². The number of nitrogens with zero attached hydrogens (tertiary/aromatic N) is 1. The Morgan fingerprint density at radius 2 is 2.33 bits per heavy atom. The van der Waals surface area contributed by atoms with E-state index in [-0.39, 0.29) is 0 Å². The van der Waals surface area contributed by atoms with Crippen molar-refractivity contribution >= 4 is 16.7 Å². The summed E-state index contributed by atoms with van der Waals surface area (Å²) in [6, 6.07) is 5.99. The van der Waals surface area contributed by atoms with Crippen molar-refractivity contribution in [3.8, 4) is 0 Å². The molecule has 12 heavy (non-hydrogen) atoms. The highest BCUT2D eigenvalue weighted by molar-refractivity contribution is 8.10. The van der Waals surface area contributed by atoms with Gasteiger partial charge in [-0.3, -0.25) is 4.98 Å². The minimum atomic E-state index is 1.03. The Labute approximate surface area is 76.2 Å². The van der Waals surface area contributed by atoms with Crippen LogP contribution in [0, 0.1) is 0 Å². The van der Waals surface area contributed by atoms with Crippen molar-refractivity contribution < 1.29 is 0 Å². The van der Waals surface area contributed by atoms with Gasteiger partial charge in [0, 0.05) is 11.1 Å². The number of hydrogen-bond acceptors (Lipinski definition) is 2. The molecule has 0 atom stereocenters. The third kappa shape index (κ3) is 1.59. The summed E-state index contributed by atoms with van der Waals surface area (Å²) >= 11 is 1.73. The molecule has 0 saturated heterocycles. The molecule has 0 radical (unpaired) electrons. The molecule has 0 saturated carbocycles. The second kappa shape index (κ2) is 3.59. The Kier molecular flexibility index (Phi) is 2.28. The number of aromatic nitrogens is 1. The number of allylic oxidation sites excluding steroid dienone is 2. The van der Waals surface area contributed by atoms with Crippen LogP contribution in [0.1, 0.15) is 12.1 Å². The summed E-state index contributed by atoms with van der Waals surface area (Å²) in [5.41, 5.74) is 1.08. The first-order valence-corrected chi connectivity index (χ1v) is 4.78. The van der Waals surface area contributed by atoms with Gasteiger partial charge in [0.2, 0.25) is 0 Å². The van der Waals surface area contributed by atoms with Crippen molar-refractivity contribution in [2.75, 3.05) is 0 Å². The lowest BCUT2D eigenvalue weighted by Crippen LogP contribution is -1.85. The molecule has 2 heteroatoms. The number of hydrogen-bond donors (Lipinski definition) is 0. The molecule has 0 aromatic carbocycles. The van der Waals surface area contributed by atoms with Gasteiger partial charge in [-0.15, -0.1) is 0 Å². The highest BCUT2D eigenvalue weighted by atomic mass is 32.2. The van der Waals surface area contributed by atoms with E-state index in [1.54, 1.807) is 11.8 Å². The van der Waals surface area contributed by atoms with Crippen LogP contribution < -0.4 is 0 Å². The van der Waals surface area contributed by atoms with Gasteiger partial charge < -0.3 is 0 Å². The van der Waals surface area contributed by atoms with E-state index in [0.717, 1.165) is 12.1 Å². The molecule has 0 spiro atoms. The van der Waals surface area contributed by atoms with Gasteiger partial charge in [0.25, 0.3) is 0 Å². The summed E-state index contributed by atoms with van der Waals surface area (Å²) in [7, 11) is 0. The monoisotopic (exact) mass is 175 g/mol. The lowest BCUT2D eigenvalue weighted by Gasteiger charge is -2.05. The van der Waals surface area contributed by atoms with E-state index in [1.165, 1.54) is 4.91 Å². The minimum Gasteiger partial charge on any atom is -0.256 e. The van der Waals surface area contributed by atoms with Gasteiger partial charge in [0.15, 0.2) is 0 Å². The number of pyridine rings is 1. The van der Waals surface area contributed by atoms with E-state index < -0.39 is 0 Å². The molecule has 1 aliphatic heterocycles. The predicted molar refractivity (Wildman–Crippen MR) is 53.6 cm³/mol. The van der Waals surface area contributed by atoms with Gasteiger partial charge in [-0.25, -0.2) is 0 Å². The molecule has 60 valence electrons. The first-order valence-electron chi connectivity index (χ1n) is 3.90. The second-order valence-electron chi connectivity index (χ2n) is 2.51. The van der Waals surface area contributed by atoms with E-state index in [0.29, 0.717) is 0 Å². The van der Waals surface area contributed by atoms with Crippen LogP contribution >= 0.6 is 11.8 Å². The van der Waals surface area contributed by atoms with Gasteiger partial charge in [-0.1, -0.05) is 30.0 Å². The summed E-state index contributed by atoms with van der Waals surface area (Å²) in [6.07, 6.45) is 7.21. The fourth-order valence-electron chi connectivity index (χ4n) is 1.07. The molecule has 0 aliphatic carbocycles. The molecule has 2 heterocycles. The lowest BCUT2D eigenvalue weighted by atomic mass is 10.3. The highest BCUT2D eigenvalue weighted by Gasteiger charge is 2.02. The predicted octanol–water partition coefficient (Wildman–Crippen LogP) is 3.07. The molecule has 1 aliphatic rings. The van der Waals surface area contributed by atoms with E-state index in [2.05, 4.69) is 22.5 Å². The summed E-state index contributed by atoms with van der Waals surface area (Å²) in [4.78, 5) is 5.54. The van der Waals surface area contributed by atoms with Crippen LogP contribution in [0.25, 0.3) is 4.91 Å². The van der Waals surface area contributed by atoms with Crippen LogP contribution in [-0.4, -0.2) is 4.98 Å². The molecule has 2 rings (SSSR count). The molecular formula is C10H9NS. The van der Waals surface area contributed by atoms with Crippen LogP contribution in [0.4, 0.5) is 0 Å². The van der Waals surface area contributed by atoms with E-state index in [4.69, 9.17) is 0 Å². The van der Waals surface area contributed by atoms with E-state index in [9.17, 15) is 0 Å². The topological polar surface area (TPSA) is 12.9 Å². The molecule has 0 amide bonds. The lowest BCUT2D eigenvalue weighted by molar-refractivity contribution is 1.28. The molecular weight excluding hydrogens is 166 g/mol. The molecule has 0 bridgehead atoms. The quantitative estimate of drug-likeness (QED) is 0.650. The molecule has 1 nitrogen and oxygen atoms in total. The second-order valence-corrected chi connectivity index (χ2v) is 3.46. The maximum Gasteiger partial charge on any atom is 0.0765 e. The summed E-state index contributed by atoms with van der Waals surface area (Å²) in [6.45, 7) is 0. The minimum absolute atomic E-state index is 1.03. The Balaban J connectivity index is 2.26. The van der Waals surface area contributed by atoms with Gasteiger partial charge in [-0.2, -0.15) is 0 Å². The summed E-state index contributed by atoms with van der Waals surface area (Å²) in [5, 5.41) is 2.12. The SMILES string of the molecule is C1=CSC(c2ccccn2)=CC1. The average molecular weight is 175 g/mol. The molecule has 1 aromatic heterocycles. The third-order valence-corrected chi connectivity index (χ3v) is 2.61. The van der Waals surface area contributed by atoms with Gasteiger partial charge in [-0.05, 0) is 24.0 Å². The Hall–Kier alpha value is -1.02. The fourth-order valence-corrected chi connectivity index (χ4v) is 1.86. The maximum absolute atomic E-state index is 4.28. The van der Waals surface area contributed by atoms with Crippen molar-refractivity contribution in [1.82, 2.24) is 4.98 Å². The van der Waals surface area contributed by atoms with Crippen molar-refractivity contribution in [3.05, 3.63) is 47.6 Å². The fraction of sp³-hybridized carbons (Fsp3) is 0.100. The summed E-state index contributed by atoms with van der Waals surface area (Å²) in [5.74, 6) is 0.